The van der Waals surface area contributed by atoms with Crippen molar-refractivity contribution in [3.05, 3.63) is 0 Å². The van der Waals surface area contributed by atoms with Gasteiger partial charge in [0, 0.05) is 6.26 Å². The van der Waals surface area contributed by atoms with Crippen molar-refractivity contribution in [2.45, 2.75) is 31.8 Å². The molecule has 0 bridgehead atoms. The molecule has 0 radical (unpaired) electrons. The van der Waals surface area contributed by atoms with E-state index in [1.807, 2.05) is 0 Å². The summed E-state index contributed by atoms with van der Waals surface area (Å²) < 4.78 is 21.9. The van der Waals surface area contributed by atoms with Crippen LogP contribution < -0.4 is 10.6 Å². The Kier molecular flexibility index (Phi) is 6.93. The highest BCUT2D eigenvalue weighted by atomic mass is 32.2. The van der Waals surface area contributed by atoms with Gasteiger partial charge in [0.15, 0.2) is 0 Å². The van der Waals surface area contributed by atoms with Gasteiger partial charge in [-0.05, 0) is 12.8 Å². The van der Waals surface area contributed by atoms with Crippen LogP contribution >= 0.6 is 0 Å². The Bertz CT molecular complexity index is 466. The van der Waals surface area contributed by atoms with E-state index < -0.39 is 33.9 Å². The summed E-state index contributed by atoms with van der Waals surface area (Å²) in [4.78, 5) is 22.4. The van der Waals surface area contributed by atoms with Crippen LogP contribution in [0.5, 0.6) is 0 Å². The van der Waals surface area contributed by atoms with Gasteiger partial charge in [-0.2, -0.15) is 0 Å². The van der Waals surface area contributed by atoms with Crippen molar-refractivity contribution in [1.29, 1.82) is 0 Å². The van der Waals surface area contributed by atoms with Gasteiger partial charge in [-0.15, -0.1) is 6.42 Å². The van der Waals surface area contributed by atoms with Crippen LogP contribution in [0, 0.1) is 12.3 Å². The maximum atomic E-state index is 11.5. The number of carboxylic acids is 1. The average molecular weight is 290 g/mol. The number of nitrogens with one attached hydrogen (secondary N) is 2. The summed E-state index contributed by atoms with van der Waals surface area (Å²) in [7, 11) is -3.29. The van der Waals surface area contributed by atoms with Gasteiger partial charge in [-0.3, -0.25) is 0 Å². The summed E-state index contributed by atoms with van der Waals surface area (Å²) in [5.74, 6) is 0.705. The average Bonchev–Trinajstić information content (AvgIpc) is 2.29. The number of carbonyl (C=O) groups is 2. The fraction of sp³-hybridized carbons (Fsp3) is 0.636. The minimum Gasteiger partial charge on any atom is -0.480 e. The maximum absolute atomic E-state index is 11.5. The molecule has 3 N–H and O–H groups in total. The Labute approximate surface area is 112 Å². The molecule has 2 amide bonds. The van der Waals surface area contributed by atoms with Gasteiger partial charge in [0.2, 0.25) is 0 Å². The van der Waals surface area contributed by atoms with Crippen molar-refractivity contribution < 1.29 is 23.1 Å². The highest BCUT2D eigenvalue weighted by Gasteiger charge is 2.22. The fourth-order valence-electron chi connectivity index (χ4n) is 1.21. The molecule has 0 heterocycles. The zero-order valence-corrected chi connectivity index (χ0v) is 11.7. The number of terminal acetylenes is 1. The number of carbonyl (C=O) groups excluding carboxylic acids is 1. The first-order valence-corrected chi connectivity index (χ1v) is 7.69. The molecule has 19 heavy (non-hydrogen) atoms. The van der Waals surface area contributed by atoms with Gasteiger partial charge in [0.05, 0.1) is 11.8 Å². The van der Waals surface area contributed by atoms with Crippen LogP contribution in [-0.4, -0.2) is 49.6 Å². The summed E-state index contributed by atoms with van der Waals surface area (Å²) in [6.07, 6.45) is 6.45. The van der Waals surface area contributed by atoms with Crippen LogP contribution in [0.1, 0.15) is 19.8 Å². The van der Waals surface area contributed by atoms with Gasteiger partial charge in [0.1, 0.15) is 15.9 Å². The van der Waals surface area contributed by atoms with Crippen LogP contribution in [-0.2, 0) is 14.6 Å². The van der Waals surface area contributed by atoms with E-state index in [-0.39, 0.29) is 12.2 Å². The lowest BCUT2D eigenvalue weighted by Gasteiger charge is -2.16. The summed E-state index contributed by atoms with van der Waals surface area (Å²) in [5, 5.41) is 13.5. The Morgan fingerprint density at radius 3 is 2.32 bits per heavy atom. The minimum atomic E-state index is -3.29. The molecule has 0 aromatic rings. The molecule has 0 aliphatic heterocycles. The van der Waals surface area contributed by atoms with Crippen LogP contribution in [0.25, 0.3) is 0 Å². The summed E-state index contributed by atoms with van der Waals surface area (Å²) >= 11 is 0. The molecule has 0 saturated carbocycles. The Balaban J connectivity index is 4.48. The van der Waals surface area contributed by atoms with Crippen molar-refractivity contribution in [3.63, 3.8) is 0 Å². The second-order valence-electron chi connectivity index (χ2n) is 4.05. The summed E-state index contributed by atoms with van der Waals surface area (Å²) in [5.41, 5.74) is 0. The van der Waals surface area contributed by atoms with Crippen molar-refractivity contribution in [2.24, 2.45) is 0 Å². The highest BCUT2D eigenvalue weighted by Crippen LogP contribution is 1.97. The molecule has 0 aliphatic carbocycles. The van der Waals surface area contributed by atoms with E-state index in [2.05, 4.69) is 16.6 Å². The molecule has 0 rings (SSSR count). The zero-order chi connectivity index (χ0) is 15.1. The first-order valence-electron chi connectivity index (χ1n) is 5.63. The smallest absolute Gasteiger partial charge is 0.326 e. The third-order valence-electron chi connectivity index (χ3n) is 2.30. The van der Waals surface area contributed by atoms with Crippen molar-refractivity contribution >= 4 is 21.8 Å². The number of sulfone groups is 1. The molecule has 0 aliphatic rings. The topological polar surface area (TPSA) is 113 Å². The number of carboxylic acid groups (broad SMARTS) is 1. The van der Waals surface area contributed by atoms with E-state index in [9.17, 15) is 18.0 Å². The molecular weight excluding hydrogens is 272 g/mol. The molecule has 0 spiro atoms. The summed E-state index contributed by atoms with van der Waals surface area (Å²) in [6.45, 7) is 1.77. The van der Waals surface area contributed by atoms with Crippen LogP contribution in [0.3, 0.4) is 0 Å². The van der Waals surface area contributed by atoms with Crippen molar-refractivity contribution in [1.82, 2.24) is 10.6 Å². The lowest BCUT2D eigenvalue weighted by Crippen LogP contribution is -2.49. The molecule has 8 heteroatoms. The maximum Gasteiger partial charge on any atom is 0.326 e. The third kappa shape index (κ3) is 8.05. The van der Waals surface area contributed by atoms with Crippen molar-refractivity contribution in [2.75, 3.05) is 12.0 Å². The first-order chi connectivity index (χ1) is 8.69. The van der Waals surface area contributed by atoms with Gasteiger partial charge >= 0.3 is 12.0 Å². The zero-order valence-electron chi connectivity index (χ0n) is 10.8. The van der Waals surface area contributed by atoms with E-state index in [1.54, 1.807) is 6.92 Å². The second-order valence-corrected chi connectivity index (χ2v) is 6.31. The lowest BCUT2D eigenvalue weighted by atomic mass is 10.2. The standard InChI is InChI=1S/C11H18N2O5S/c1-4-8(5-2)12-11(16)13-9(10(14)15)6-7-19(3,17)18/h1,8-9H,5-7H2,2-3H3,(H,14,15)(H2,12,13,16). The molecule has 0 fully saturated rings. The molecule has 0 saturated heterocycles. The van der Waals surface area contributed by atoms with Gasteiger partial charge in [-0.25, -0.2) is 18.0 Å². The Morgan fingerprint density at radius 2 is 1.95 bits per heavy atom. The fourth-order valence-corrected chi connectivity index (χ4v) is 1.87. The van der Waals surface area contributed by atoms with Gasteiger partial charge < -0.3 is 15.7 Å². The highest BCUT2D eigenvalue weighted by molar-refractivity contribution is 7.90. The predicted octanol–water partition coefficient (Wildman–Crippen LogP) is -0.415. The number of hydrogen-bond donors (Lipinski definition) is 3. The summed E-state index contributed by atoms with van der Waals surface area (Å²) in [6, 6.07) is -2.50. The number of urea groups is 1. The number of rotatable bonds is 7. The molecular formula is C11H18N2O5S. The number of aliphatic carboxylic acids is 1. The first kappa shape index (κ1) is 17.2. The van der Waals surface area contributed by atoms with E-state index in [0.717, 1.165) is 6.26 Å². The van der Waals surface area contributed by atoms with Gasteiger partial charge in [-0.1, -0.05) is 12.8 Å². The number of amides is 2. The monoisotopic (exact) mass is 290 g/mol. The quantitative estimate of drug-likeness (QED) is 0.551. The van der Waals surface area contributed by atoms with E-state index in [1.165, 1.54) is 0 Å². The molecule has 0 aromatic heterocycles. The minimum absolute atomic E-state index is 0.200. The van der Waals surface area contributed by atoms with Crippen LogP contribution in [0.4, 0.5) is 4.79 Å². The lowest BCUT2D eigenvalue weighted by molar-refractivity contribution is -0.139. The third-order valence-corrected chi connectivity index (χ3v) is 3.27. The molecule has 2 unspecified atom stereocenters. The molecule has 7 nitrogen and oxygen atoms in total. The Morgan fingerprint density at radius 1 is 1.37 bits per heavy atom. The number of hydrogen-bond acceptors (Lipinski definition) is 4. The van der Waals surface area contributed by atoms with Crippen molar-refractivity contribution in [3.8, 4) is 12.3 Å². The van der Waals surface area contributed by atoms with E-state index in [4.69, 9.17) is 11.5 Å². The second kappa shape index (κ2) is 7.63. The largest absolute Gasteiger partial charge is 0.480 e. The normalized spacial score (nSPS) is 13.9. The van der Waals surface area contributed by atoms with E-state index >= 15 is 0 Å². The SMILES string of the molecule is C#CC(CC)NC(=O)NC(CCS(C)(=O)=O)C(=O)O. The molecule has 2 atom stereocenters. The predicted molar refractivity (Wildman–Crippen MR) is 70.3 cm³/mol. The van der Waals surface area contributed by atoms with Crippen LogP contribution in [0.15, 0.2) is 0 Å². The molecule has 108 valence electrons. The van der Waals surface area contributed by atoms with E-state index in [0.29, 0.717) is 6.42 Å². The molecule has 0 aromatic carbocycles. The Hall–Kier alpha value is -1.75. The van der Waals surface area contributed by atoms with Gasteiger partial charge in [0.25, 0.3) is 0 Å². The van der Waals surface area contributed by atoms with Crippen LogP contribution in [0.2, 0.25) is 0 Å².